The molecule has 0 aliphatic heterocycles. The lowest BCUT2D eigenvalue weighted by Gasteiger charge is -2.19. The number of hydrogen-bond donors (Lipinski definition) is 2. The van der Waals surface area contributed by atoms with Gasteiger partial charge in [-0.15, -0.1) is 0 Å². The quantitative estimate of drug-likeness (QED) is 0.0152. The number of nitrogens with two attached hydrogens (primary N) is 1. The highest BCUT2D eigenvalue weighted by atomic mass is 31.2. The molecular formula is C45H80NO9P. The number of ether oxygens (including phenoxy) is 2. The predicted octanol–water partition coefficient (Wildman–Crippen LogP) is 11.9. The highest BCUT2D eigenvalue weighted by molar-refractivity contribution is 7.47. The van der Waals surface area contributed by atoms with E-state index in [0.717, 1.165) is 83.5 Å². The second-order valence-corrected chi connectivity index (χ2v) is 16.0. The number of esters is 2. The van der Waals surface area contributed by atoms with Crippen molar-refractivity contribution in [1.82, 2.24) is 0 Å². The third-order valence-corrected chi connectivity index (χ3v) is 10.1. The fourth-order valence-corrected chi connectivity index (χ4v) is 6.59. The van der Waals surface area contributed by atoms with E-state index >= 15 is 0 Å². The molecule has 10 nitrogen and oxygen atoms in total. The second kappa shape index (κ2) is 40.8. The molecule has 1 unspecified atom stereocenters. The lowest BCUT2D eigenvalue weighted by atomic mass is 10.1. The maximum absolute atomic E-state index is 12.6. The van der Waals surface area contributed by atoms with E-state index in [1.165, 1.54) is 57.8 Å². The first-order valence-corrected chi connectivity index (χ1v) is 23.6. The van der Waals surface area contributed by atoms with Crippen molar-refractivity contribution >= 4 is 25.5 Å². The van der Waals surface area contributed by atoms with E-state index in [-0.39, 0.29) is 38.4 Å². The van der Waals surface area contributed by atoms with Crippen LogP contribution >= 0.6 is 7.82 Å². The normalized spacial score (nSPS) is 13.6. The number of hydrogen-bond acceptors (Lipinski definition) is 9. The number of carbonyl (C=O) groups excluding carboxylic acids is 3. The Morgan fingerprint density at radius 1 is 0.589 bits per heavy atom. The van der Waals surface area contributed by atoms with Gasteiger partial charge >= 0.3 is 19.8 Å². The minimum absolute atomic E-state index is 0.0370. The molecule has 0 heterocycles. The van der Waals surface area contributed by atoms with Gasteiger partial charge in [0.25, 0.3) is 0 Å². The molecule has 56 heavy (non-hydrogen) atoms. The summed E-state index contributed by atoms with van der Waals surface area (Å²) < 4.78 is 32.7. The Morgan fingerprint density at radius 2 is 1.09 bits per heavy atom. The summed E-state index contributed by atoms with van der Waals surface area (Å²) >= 11 is 0. The molecule has 0 aliphatic carbocycles. The molecular weight excluding hydrogens is 729 g/mol. The van der Waals surface area contributed by atoms with Crippen LogP contribution in [0.5, 0.6) is 0 Å². The van der Waals surface area contributed by atoms with E-state index in [4.69, 9.17) is 24.3 Å². The molecule has 0 aromatic carbocycles. The molecule has 324 valence electrons. The fourth-order valence-electron chi connectivity index (χ4n) is 5.82. The van der Waals surface area contributed by atoms with Crippen LogP contribution in [0, 0.1) is 0 Å². The van der Waals surface area contributed by atoms with Crippen LogP contribution in [0.3, 0.4) is 0 Å². The molecule has 0 bridgehead atoms. The summed E-state index contributed by atoms with van der Waals surface area (Å²) in [4.78, 5) is 46.6. The molecule has 0 saturated carbocycles. The van der Waals surface area contributed by atoms with Crippen LogP contribution in [0.4, 0.5) is 0 Å². The van der Waals surface area contributed by atoms with Gasteiger partial charge in [-0.3, -0.25) is 23.4 Å². The zero-order valence-electron chi connectivity index (χ0n) is 35.4. The summed E-state index contributed by atoms with van der Waals surface area (Å²) in [5.74, 6) is -0.723. The molecule has 0 aromatic rings. The van der Waals surface area contributed by atoms with Crippen LogP contribution in [-0.2, 0) is 37.5 Å². The summed E-state index contributed by atoms with van der Waals surface area (Å²) in [6.45, 7) is 3.49. The molecule has 0 radical (unpaired) electrons. The van der Waals surface area contributed by atoms with Gasteiger partial charge in [-0.2, -0.15) is 0 Å². The Labute approximate surface area is 341 Å². The van der Waals surface area contributed by atoms with Gasteiger partial charge in [0.15, 0.2) is 11.9 Å². The maximum Gasteiger partial charge on any atom is 0.472 e. The number of unbranched alkanes of at least 4 members (excludes halogenated alkanes) is 19. The first kappa shape index (κ1) is 53.6. The Hall–Kier alpha value is -2.36. The third-order valence-electron chi connectivity index (χ3n) is 9.16. The standard InChI is InChI=1S/C45H80NO9P/c1-3-5-7-8-9-10-11-12-13-14-15-16-17-18-19-22-25-28-32-36-44(48)52-40-43(41-54-56(50,51)53-39-38-46)55-45(49)37-33-29-26-23-20-21-24-27-31-35-42(47)34-30-6-4-2/h9-10,12-13,24,27,31,35,43H,3-8,11,14-23,25-26,28-30,32-34,36-41,46H2,1-2H3,(H,50,51)/b10-9-,13-12-,27-24-,35-31+/t43-/m1/s1. The van der Waals surface area contributed by atoms with Gasteiger partial charge in [-0.25, -0.2) is 4.57 Å². The van der Waals surface area contributed by atoms with Gasteiger partial charge in [-0.1, -0.05) is 146 Å². The van der Waals surface area contributed by atoms with Crippen molar-refractivity contribution in [3.8, 4) is 0 Å². The smallest absolute Gasteiger partial charge is 0.462 e. The van der Waals surface area contributed by atoms with Gasteiger partial charge in [0.1, 0.15) is 6.61 Å². The van der Waals surface area contributed by atoms with Gasteiger partial charge in [0, 0.05) is 25.8 Å². The zero-order chi connectivity index (χ0) is 41.2. The van der Waals surface area contributed by atoms with Gasteiger partial charge in [-0.05, 0) is 70.3 Å². The van der Waals surface area contributed by atoms with Crippen molar-refractivity contribution in [2.75, 3.05) is 26.4 Å². The summed E-state index contributed by atoms with van der Waals surface area (Å²) in [5.41, 5.74) is 5.34. The number of rotatable bonds is 41. The summed E-state index contributed by atoms with van der Waals surface area (Å²) in [7, 11) is -4.40. The van der Waals surface area contributed by atoms with Crippen molar-refractivity contribution < 1.29 is 42.4 Å². The van der Waals surface area contributed by atoms with E-state index in [2.05, 4.69) is 44.2 Å². The van der Waals surface area contributed by atoms with Gasteiger partial charge in [0.2, 0.25) is 0 Å². The molecule has 3 N–H and O–H groups in total. The first-order valence-electron chi connectivity index (χ1n) is 22.1. The van der Waals surface area contributed by atoms with Crippen molar-refractivity contribution in [2.45, 2.75) is 193 Å². The lowest BCUT2D eigenvalue weighted by molar-refractivity contribution is -0.161. The highest BCUT2D eigenvalue weighted by Crippen LogP contribution is 2.43. The monoisotopic (exact) mass is 810 g/mol. The maximum atomic E-state index is 12.6. The number of carbonyl (C=O) groups is 3. The summed E-state index contributed by atoms with van der Waals surface area (Å²) in [6, 6.07) is 0. The second-order valence-electron chi connectivity index (χ2n) is 14.6. The van der Waals surface area contributed by atoms with E-state index in [1.54, 1.807) is 6.08 Å². The first-order chi connectivity index (χ1) is 27.2. The largest absolute Gasteiger partial charge is 0.472 e. The molecule has 0 fully saturated rings. The Morgan fingerprint density at radius 3 is 1.68 bits per heavy atom. The summed E-state index contributed by atoms with van der Waals surface area (Å²) in [5, 5.41) is 0. The number of phosphoric ester groups is 1. The van der Waals surface area contributed by atoms with Crippen LogP contribution in [0.1, 0.15) is 187 Å². The van der Waals surface area contributed by atoms with Crippen LogP contribution in [0.2, 0.25) is 0 Å². The van der Waals surface area contributed by atoms with Crippen molar-refractivity contribution in [1.29, 1.82) is 0 Å². The molecule has 0 rings (SSSR count). The Kier molecular flexibility index (Phi) is 39.1. The SMILES string of the molecule is CCCCC/C=C\C/C=C\CCCCCCCCCCCC(=O)OC[C@H](COP(=O)(O)OCCN)OC(=O)CCCCCCC/C=C\C=C\C(=O)CCCCC. The molecule has 0 saturated heterocycles. The summed E-state index contributed by atoms with van der Waals surface area (Å²) in [6.07, 6.45) is 42.6. The van der Waals surface area contributed by atoms with Crippen molar-refractivity contribution in [3.63, 3.8) is 0 Å². The molecule has 11 heteroatoms. The lowest BCUT2D eigenvalue weighted by Crippen LogP contribution is -2.29. The van der Waals surface area contributed by atoms with Crippen LogP contribution in [-0.4, -0.2) is 55.1 Å². The van der Waals surface area contributed by atoms with Gasteiger partial charge < -0.3 is 20.1 Å². The molecule has 0 aromatic heterocycles. The Balaban J connectivity index is 4.20. The Bertz CT molecular complexity index is 1120. The zero-order valence-corrected chi connectivity index (χ0v) is 36.2. The topological polar surface area (TPSA) is 151 Å². The average molecular weight is 810 g/mol. The van der Waals surface area contributed by atoms with E-state index in [9.17, 15) is 23.8 Å². The van der Waals surface area contributed by atoms with E-state index in [0.29, 0.717) is 19.3 Å². The minimum Gasteiger partial charge on any atom is -0.462 e. The molecule has 0 aliphatic rings. The predicted molar refractivity (Wildman–Crippen MR) is 229 cm³/mol. The van der Waals surface area contributed by atoms with Crippen LogP contribution < -0.4 is 5.73 Å². The average Bonchev–Trinajstić information content (AvgIpc) is 3.18. The minimum atomic E-state index is -4.40. The van der Waals surface area contributed by atoms with E-state index < -0.39 is 32.5 Å². The molecule has 2 atom stereocenters. The van der Waals surface area contributed by atoms with Crippen LogP contribution in [0.15, 0.2) is 48.6 Å². The number of ketones is 1. The van der Waals surface area contributed by atoms with E-state index in [1.807, 2.05) is 12.2 Å². The number of allylic oxidation sites excluding steroid dienone is 8. The fraction of sp³-hybridized carbons (Fsp3) is 0.756. The number of phosphoric acid groups is 1. The van der Waals surface area contributed by atoms with Crippen molar-refractivity contribution in [2.24, 2.45) is 5.73 Å². The van der Waals surface area contributed by atoms with Gasteiger partial charge in [0.05, 0.1) is 13.2 Å². The highest BCUT2D eigenvalue weighted by Gasteiger charge is 2.26. The molecule has 0 amide bonds. The molecule has 0 spiro atoms. The third kappa shape index (κ3) is 39.9. The van der Waals surface area contributed by atoms with Crippen molar-refractivity contribution in [3.05, 3.63) is 48.6 Å². The van der Waals surface area contributed by atoms with Crippen LogP contribution in [0.25, 0.3) is 0 Å².